The van der Waals surface area contributed by atoms with Gasteiger partial charge in [0, 0.05) is 18.0 Å². The van der Waals surface area contributed by atoms with E-state index >= 15 is 0 Å². The van der Waals surface area contributed by atoms with Crippen molar-refractivity contribution in [2.75, 3.05) is 7.11 Å². The summed E-state index contributed by atoms with van der Waals surface area (Å²) >= 11 is 0. The quantitative estimate of drug-likeness (QED) is 0.647. The molecule has 0 fully saturated rings. The van der Waals surface area contributed by atoms with Crippen molar-refractivity contribution < 1.29 is 9.53 Å². The highest BCUT2D eigenvalue weighted by atomic mass is 16.5. The summed E-state index contributed by atoms with van der Waals surface area (Å²) in [5, 5.41) is 0. The van der Waals surface area contributed by atoms with E-state index in [1.165, 1.54) is 7.11 Å². The molecule has 1 aromatic heterocycles. The number of rotatable bonds is 2. The van der Waals surface area contributed by atoms with Crippen LogP contribution in [0, 0.1) is 0 Å². The fourth-order valence-electron chi connectivity index (χ4n) is 1.02. The van der Waals surface area contributed by atoms with E-state index in [2.05, 4.69) is 16.3 Å². The largest absolute Gasteiger partial charge is 0.465 e. The molecule has 0 aliphatic heterocycles. The minimum Gasteiger partial charge on any atom is -0.465 e. The van der Waals surface area contributed by atoms with Crippen LogP contribution in [0.5, 0.6) is 0 Å². The monoisotopic (exact) mass is 177 g/mol. The number of hydrogen-bond acceptors (Lipinski definition) is 3. The number of carbonyl (C=O) groups excluding carboxylic acids is 1. The molecule has 13 heavy (non-hydrogen) atoms. The fourth-order valence-corrected chi connectivity index (χ4v) is 1.02. The van der Waals surface area contributed by atoms with E-state index in [4.69, 9.17) is 0 Å². The number of hydrogen-bond donors (Lipinski definition) is 0. The molecule has 0 aliphatic carbocycles. The lowest BCUT2D eigenvalue weighted by atomic mass is 10.1. The molecule has 0 radical (unpaired) electrons. The molecule has 1 heterocycles. The Morgan fingerprint density at radius 1 is 1.54 bits per heavy atom. The number of esters is 1. The zero-order chi connectivity index (χ0) is 9.84. The molecule has 0 saturated carbocycles. The summed E-state index contributed by atoms with van der Waals surface area (Å²) in [5.74, 6) is -0.361. The van der Waals surface area contributed by atoms with E-state index in [0.717, 1.165) is 11.1 Å². The number of methoxy groups -OCH3 is 1. The van der Waals surface area contributed by atoms with Crippen LogP contribution in [0.25, 0.3) is 5.57 Å². The summed E-state index contributed by atoms with van der Waals surface area (Å²) in [6, 6.07) is 1.62. The predicted octanol–water partition coefficient (Wildman–Crippen LogP) is 1.90. The van der Waals surface area contributed by atoms with Gasteiger partial charge < -0.3 is 4.74 Å². The fraction of sp³-hybridized carbons (Fsp3) is 0.200. The third kappa shape index (κ3) is 1.93. The van der Waals surface area contributed by atoms with Crippen LogP contribution in [0.15, 0.2) is 25.0 Å². The highest BCUT2D eigenvalue weighted by Crippen LogP contribution is 2.16. The van der Waals surface area contributed by atoms with E-state index in [0.29, 0.717) is 5.56 Å². The van der Waals surface area contributed by atoms with Gasteiger partial charge in [-0.3, -0.25) is 4.98 Å². The molecule has 0 amide bonds. The summed E-state index contributed by atoms with van der Waals surface area (Å²) in [6.07, 6.45) is 3.16. The Bertz CT molecular complexity index is 345. The highest BCUT2D eigenvalue weighted by molar-refractivity contribution is 5.94. The normalized spacial score (nSPS) is 9.38. The van der Waals surface area contributed by atoms with E-state index in [1.807, 2.05) is 6.92 Å². The predicted molar refractivity (Wildman–Crippen MR) is 50.3 cm³/mol. The number of pyridine rings is 1. The highest BCUT2D eigenvalue weighted by Gasteiger charge is 2.10. The molecule has 0 aliphatic rings. The van der Waals surface area contributed by atoms with Crippen molar-refractivity contribution in [1.29, 1.82) is 0 Å². The second kappa shape index (κ2) is 3.85. The zero-order valence-electron chi connectivity index (χ0n) is 7.70. The molecule has 0 saturated heterocycles. The smallest absolute Gasteiger partial charge is 0.338 e. The summed E-state index contributed by atoms with van der Waals surface area (Å²) < 4.78 is 4.62. The number of carbonyl (C=O) groups is 1. The third-order valence-electron chi connectivity index (χ3n) is 1.69. The topological polar surface area (TPSA) is 39.2 Å². The van der Waals surface area contributed by atoms with Crippen molar-refractivity contribution in [3.8, 4) is 0 Å². The van der Waals surface area contributed by atoms with Crippen LogP contribution in [0.4, 0.5) is 0 Å². The first kappa shape index (κ1) is 9.45. The molecule has 0 atom stereocenters. The van der Waals surface area contributed by atoms with Crippen molar-refractivity contribution in [3.63, 3.8) is 0 Å². The maximum absolute atomic E-state index is 11.2. The Morgan fingerprint density at radius 2 is 2.23 bits per heavy atom. The van der Waals surface area contributed by atoms with Gasteiger partial charge in [0.05, 0.1) is 12.7 Å². The van der Waals surface area contributed by atoms with E-state index in [1.54, 1.807) is 18.5 Å². The van der Waals surface area contributed by atoms with Crippen molar-refractivity contribution in [3.05, 3.63) is 36.2 Å². The van der Waals surface area contributed by atoms with Crippen LogP contribution in [0.2, 0.25) is 0 Å². The summed E-state index contributed by atoms with van der Waals surface area (Å²) in [6.45, 7) is 5.58. The van der Waals surface area contributed by atoms with Gasteiger partial charge in [-0.1, -0.05) is 6.58 Å². The van der Waals surface area contributed by atoms with Crippen LogP contribution < -0.4 is 0 Å². The molecule has 0 N–H and O–H groups in total. The van der Waals surface area contributed by atoms with Crippen LogP contribution in [0.1, 0.15) is 22.8 Å². The molecule has 3 heteroatoms. The Labute approximate surface area is 77.1 Å². The first-order valence-electron chi connectivity index (χ1n) is 3.85. The molecule has 0 aromatic carbocycles. The summed E-state index contributed by atoms with van der Waals surface area (Å²) in [7, 11) is 1.35. The van der Waals surface area contributed by atoms with Crippen molar-refractivity contribution in [1.82, 2.24) is 4.98 Å². The molecule has 1 aromatic rings. The Hall–Kier alpha value is -1.64. The number of allylic oxidation sites excluding steroid dienone is 1. The van der Waals surface area contributed by atoms with Crippen LogP contribution in [0.3, 0.4) is 0 Å². The van der Waals surface area contributed by atoms with Gasteiger partial charge in [-0.25, -0.2) is 4.79 Å². The second-order valence-corrected chi connectivity index (χ2v) is 2.69. The van der Waals surface area contributed by atoms with E-state index in [-0.39, 0.29) is 5.97 Å². The summed E-state index contributed by atoms with van der Waals surface area (Å²) in [5.41, 5.74) is 2.04. The van der Waals surface area contributed by atoms with Gasteiger partial charge in [-0.2, -0.15) is 0 Å². The maximum atomic E-state index is 11.2. The lowest BCUT2D eigenvalue weighted by molar-refractivity contribution is 0.0600. The lowest BCUT2D eigenvalue weighted by Gasteiger charge is -2.05. The van der Waals surface area contributed by atoms with Gasteiger partial charge in [-0.05, 0) is 18.6 Å². The van der Waals surface area contributed by atoms with Gasteiger partial charge >= 0.3 is 5.97 Å². The average molecular weight is 177 g/mol. The molecule has 1 rings (SSSR count). The van der Waals surface area contributed by atoms with E-state index < -0.39 is 0 Å². The maximum Gasteiger partial charge on any atom is 0.338 e. The molecule has 0 spiro atoms. The van der Waals surface area contributed by atoms with Crippen molar-refractivity contribution in [2.45, 2.75) is 6.92 Å². The minimum absolute atomic E-state index is 0.361. The average Bonchev–Trinajstić information content (AvgIpc) is 2.16. The Kier molecular flexibility index (Phi) is 2.80. The zero-order valence-corrected chi connectivity index (χ0v) is 7.70. The van der Waals surface area contributed by atoms with Crippen LogP contribution in [-0.4, -0.2) is 18.1 Å². The van der Waals surface area contributed by atoms with Gasteiger partial charge in [0.1, 0.15) is 0 Å². The van der Waals surface area contributed by atoms with Crippen LogP contribution in [-0.2, 0) is 4.74 Å². The van der Waals surface area contributed by atoms with Crippen molar-refractivity contribution in [2.24, 2.45) is 0 Å². The molecular weight excluding hydrogens is 166 g/mol. The molecular formula is C10H11NO2. The lowest BCUT2D eigenvalue weighted by Crippen LogP contribution is -2.04. The van der Waals surface area contributed by atoms with E-state index in [9.17, 15) is 4.79 Å². The number of aromatic nitrogens is 1. The second-order valence-electron chi connectivity index (χ2n) is 2.69. The Balaban J connectivity index is 3.19. The first-order valence-corrected chi connectivity index (χ1v) is 3.85. The molecule has 68 valence electrons. The van der Waals surface area contributed by atoms with Gasteiger partial charge in [0.2, 0.25) is 0 Å². The van der Waals surface area contributed by atoms with Gasteiger partial charge in [0.15, 0.2) is 0 Å². The Morgan fingerprint density at radius 3 is 2.77 bits per heavy atom. The number of ether oxygens (including phenoxy) is 1. The standard InChI is InChI=1S/C10H11NO2/c1-7(2)9-6-11-5-4-8(9)10(12)13-3/h4-6H,1H2,2-3H3. The molecule has 3 nitrogen and oxygen atoms in total. The first-order chi connectivity index (χ1) is 6.16. The molecule has 0 unspecified atom stereocenters. The minimum atomic E-state index is -0.361. The number of nitrogens with zero attached hydrogens (tertiary/aromatic N) is 1. The SMILES string of the molecule is C=C(C)c1cnccc1C(=O)OC. The van der Waals surface area contributed by atoms with Crippen molar-refractivity contribution >= 4 is 11.5 Å². The van der Waals surface area contributed by atoms with Crippen LogP contribution >= 0.6 is 0 Å². The van der Waals surface area contributed by atoms with Gasteiger partial charge in [0.25, 0.3) is 0 Å². The summed E-state index contributed by atoms with van der Waals surface area (Å²) in [4.78, 5) is 15.2. The third-order valence-corrected chi connectivity index (χ3v) is 1.69. The molecule has 0 bridgehead atoms. The van der Waals surface area contributed by atoms with Gasteiger partial charge in [-0.15, -0.1) is 0 Å².